The zero-order chi connectivity index (χ0) is 22.9. The van der Waals surface area contributed by atoms with Gasteiger partial charge in [0.1, 0.15) is 5.01 Å². The third-order valence-corrected chi connectivity index (χ3v) is 7.30. The molecule has 0 bridgehead atoms. The number of thiophene rings is 1. The van der Waals surface area contributed by atoms with E-state index < -0.39 is 11.8 Å². The van der Waals surface area contributed by atoms with Crippen molar-refractivity contribution < 1.29 is 9.59 Å². The van der Waals surface area contributed by atoms with Crippen LogP contribution in [0.3, 0.4) is 0 Å². The van der Waals surface area contributed by atoms with Crippen LogP contribution in [0.1, 0.15) is 27.1 Å². The fourth-order valence-electron chi connectivity index (χ4n) is 3.40. The van der Waals surface area contributed by atoms with Crippen LogP contribution in [0.2, 0.25) is 0 Å². The van der Waals surface area contributed by atoms with Gasteiger partial charge in [0.15, 0.2) is 5.69 Å². The molecule has 5 rings (SSSR count). The number of para-hydroxylation sites is 1. The fourth-order valence-corrected chi connectivity index (χ4v) is 5.33. The Labute approximate surface area is 195 Å². The Morgan fingerprint density at radius 2 is 1.64 bits per heavy atom. The average molecular weight is 476 g/mol. The number of rotatable bonds is 4. The highest BCUT2D eigenvalue weighted by molar-refractivity contribution is 7.26. The summed E-state index contributed by atoms with van der Waals surface area (Å²) in [6, 6.07) is 18.1. The minimum absolute atomic E-state index is 0.0636. The Balaban J connectivity index is 1.34. The quantitative estimate of drug-likeness (QED) is 0.384. The molecule has 10 heteroatoms. The standard InChI is InChI=1S/C23H17N5O3S2/c1-2-28-23(31)14-8-4-3-7-13(14)19(27-28)21(30)26-25-20(29)17-11-12-18(32-17)22-24-15-9-5-6-10-16(15)33-22/h3-12H,2H2,1H3,(H,25,29)(H,26,30). The Morgan fingerprint density at radius 1 is 0.909 bits per heavy atom. The lowest BCUT2D eigenvalue weighted by Gasteiger charge is -2.10. The highest BCUT2D eigenvalue weighted by atomic mass is 32.1. The number of hydrogen-bond acceptors (Lipinski definition) is 7. The number of thiazole rings is 1. The zero-order valence-electron chi connectivity index (χ0n) is 17.4. The summed E-state index contributed by atoms with van der Waals surface area (Å²) >= 11 is 2.85. The number of aromatic nitrogens is 3. The van der Waals surface area contributed by atoms with E-state index in [0.717, 1.165) is 20.1 Å². The molecule has 0 aliphatic carbocycles. The minimum atomic E-state index is -0.607. The average Bonchev–Trinajstić information content (AvgIpc) is 3.50. The lowest BCUT2D eigenvalue weighted by molar-refractivity contribution is 0.0846. The highest BCUT2D eigenvalue weighted by Crippen LogP contribution is 2.34. The Hall–Kier alpha value is -3.89. The van der Waals surface area contributed by atoms with Crippen molar-refractivity contribution >= 4 is 55.5 Å². The van der Waals surface area contributed by atoms with Crippen molar-refractivity contribution in [2.45, 2.75) is 13.5 Å². The van der Waals surface area contributed by atoms with Crippen molar-refractivity contribution in [1.29, 1.82) is 0 Å². The molecule has 3 heterocycles. The lowest BCUT2D eigenvalue weighted by Crippen LogP contribution is -2.42. The maximum absolute atomic E-state index is 12.8. The molecule has 0 fully saturated rings. The van der Waals surface area contributed by atoms with Crippen LogP contribution < -0.4 is 16.4 Å². The van der Waals surface area contributed by atoms with Gasteiger partial charge in [0.2, 0.25) is 0 Å². The molecular formula is C23H17N5O3S2. The molecule has 0 atom stereocenters. The Morgan fingerprint density at radius 3 is 2.42 bits per heavy atom. The summed E-state index contributed by atoms with van der Waals surface area (Å²) in [4.78, 5) is 43.8. The lowest BCUT2D eigenvalue weighted by atomic mass is 10.1. The maximum atomic E-state index is 12.8. The molecule has 164 valence electrons. The molecule has 2 aromatic carbocycles. The minimum Gasteiger partial charge on any atom is -0.267 e. The topological polar surface area (TPSA) is 106 Å². The number of hydrogen-bond donors (Lipinski definition) is 2. The zero-order valence-corrected chi connectivity index (χ0v) is 19.0. The summed E-state index contributed by atoms with van der Waals surface area (Å²) in [6.45, 7) is 2.09. The third kappa shape index (κ3) is 3.90. The maximum Gasteiger partial charge on any atom is 0.290 e. The first-order chi connectivity index (χ1) is 16.0. The van der Waals surface area contributed by atoms with E-state index in [4.69, 9.17) is 0 Å². The van der Waals surface area contributed by atoms with Gasteiger partial charge in [-0.3, -0.25) is 25.2 Å². The van der Waals surface area contributed by atoms with Crippen LogP contribution in [-0.2, 0) is 6.54 Å². The van der Waals surface area contributed by atoms with Gasteiger partial charge in [-0.25, -0.2) is 9.67 Å². The molecule has 0 aliphatic rings. The fraction of sp³-hybridized carbons (Fsp3) is 0.0870. The monoisotopic (exact) mass is 475 g/mol. The molecule has 2 N–H and O–H groups in total. The van der Waals surface area contributed by atoms with E-state index in [1.165, 1.54) is 16.0 Å². The summed E-state index contributed by atoms with van der Waals surface area (Å²) in [5.41, 5.74) is 5.55. The van der Waals surface area contributed by atoms with Crippen molar-refractivity contribution in [1.82, 2.24) is 25.6 Å². The van der Waals surface area contributed by atoms with Gasteiger partial charge in [-0.15, -0.1) is 22.7 Å². The molecule has 0 spiro atoms. The van der Waals surface area contributed by atoms with Crippen LogP contribution in [0.15, 0.2) is 65.5 Å². The number of aryl methyl sites for hydroxylation is 1. The van der Waals surface area contributed by atoms with Gasteiger partial charge >= 0.3 is 0 Å². The summed E-state index contributed by atoms with van der Waals surface area (Å²) in [5, 5.41) is 5.82. The van der Waals surface area contributed by atoms with Crippen LogP contribution in [0.5, 0.6) is 0 Å². The second-order valence-electron chi connectivity index (χ2n) is 7.07. The van der Waals surface area contributed by atoms with Crippen molar-refractivity contribution in [2.75, 3.05) is 0 Å². The Bertz CT molecular complexity index is 1550. The second kappa shape index (κ2) is 8.57. The van der Waals surface area contributed by atoms with E-state index in [9.17, 15) is 14.4 Å². The molecule has 3 aromatic heterocycles. The number of nitrogens with one attached hydrogen (secondary N) is 2. The van der Waals surface area contributed by atoms with E-state index in [2.05, 4.69) is 20.9 Å². The number of carbonyl (C=O) groups is 2. The van der Waals surface area contributed by atoms with Crippen molar-refractivity contribution in [3.8, 4) is 9.88 Å². The van der Waals surface area contributed by atoms with E-state index in [-0.39, 0.29) is 11.3 Å². The van der Waals surface area contributed by atoms with Gasteiger partial charge in [0.25, 0.3) is 17.4 Å². The molecule has 8 nitrogen and oxygen atoms in total. The van der Waals surface area contributed by atoms with Gasteiger partial charge in [-0.2, -0.15) is 5.10 Å². The largest absolute Gasteiger partial charge is 0.290 e. The van der Waals surface area contributed by atoms with E-state index in [1.54, 1.807) is 48.6 Å². The van der Waals surface area contributed by atoms with Gasteiger partial charge in [0.05, 0.1) is 25.4 Å². The van der Waals surface area contributed by atoms with Crippen molar-refractivity contribution in [3.05, 3.63) is 81.6 Å². The van der Waals surface area contributed by atoms with Crippen molar-refractivity contribution in [2.24, 2.45) is 0 Å². The van der Waals surface area contributed by atoms with E-state index >= 15 is 0 Å². The predicted octanol–water partition coefficient (Wildman–Crippen LogP) is 3.83. The number of fused-ring (bicyclic) bond motifs is 2. The number of benzene rings is 2. The van der Waals surface area contributed by atoms with E-state index in [1.807, 2.05) is 30.3 Å². The number of nitrogens with zero attached hydrogens (tertiary/aromatic N) is 3. The molecule has 5 aromatic rings. The van der Waals surface area contributed by atoms with Crippen LogP contribution in [0.25, 0.3) is 30.9 Å². The number of carbonyl (C=O) groups excluding carboxylic acids is 2. The first-order valence-corrected chi connectivity index (χ1v) is 11.7. The van der Waals surface area contributed by atoms with Gasteiger partial charge in [-0.1, -0.05) is 30.3 Å². The molecule has 0 saturated heterocycles. The first kappa shape index (κ1) is 21.0. The van der Waals surface area contributed by atoms with Gasteiger partial charge in [0, 0.05) is 11.9 Å². The molecule has 0 radical (unpaired) electrons. The number of amides is 2. The summed E-state index contributed by atoms with van der Waals surface area (Å²) < 4.78 is 2.30. The smallest absolute Gasteiger partial charge is 0.267 e. The van der Waals surface area contributed by atoms with E-state index in [0.29, 0.717) is 22.2 Å². The summed E-state index contributed by atoms with van der Waals surface area (Å²) in [7, 11) is 0. The van der Waals surface area contributed by atoms with Crippen LogP contribution in [-0.4, -0.2) is 26.6 Å². The highest BCUT2D eigenvalue weighted by Gasteiger charge is 2.18. The predicted molar refractivity (Wildman–Crippen MR) is 130 cm³/mol. The van der Waals surface area contributed by atoms with Crippen LogP contribution in [0, 0.1) is 0 Å². The van der Waals surface area contributed by atoms with Gasteiger partial charge < -0.3 is 0 Å². The second-order valence-corrected chi connectivity index (χ2v) is 9.19. The van der Waals surface area contributed by atoms with Crippen LogP contribution >= 0.6 is 22.7 Å². The van der Waals surface area contributed by atoms with Crippen molar-refractivity contribution in [3.63, 3.8) is 0 Å². The molecule has 0 unspecified atom stereocenters. The summed E-state index contributed by atoms with van der Waals surface area (Å²) in [6.07, 6.45) is 0. The summed E-state index contributed by atoms with van der Waals surface area (Å²) in [5.74, 6) is -1.06. The molecule has 0 saturated carbocycles. The molecular weight excluding hydrogens is 458 g/mol. The molecule has 0 aliphatic heterocycles. The van der Waals surface area contributed by atoms with Crippen LogP contribution in [0.4, 0.5) is 0 Å². The Kier molecular flexibility index (Phi) is 5.45. The SMILES string of the molecule is CCn1nc(C(=O)NNC(=O)c2ccc(-c3nc4ccccc4s3)s2)c2ccccc2c1=O. The normalized spacial score (nSPS) is 11.1. The first-order valence-electron chi connectivity index (χ1n) is 10.1. The van der Waals surface area contributed by atoms with Gasteiger partial charge in [-0.05, 0) is 37.3 Å². The molecule has 33 heavy (non-hydrogen) atoms. The molecule has 2 amide bonds. The number of hydrazine groups is 1. The third-order valence-electron chi connectivity index (χ3n) is 5.01.